The van der Waals surface area contributed by atoms with Crippen LogP contribution < -0.4 is 14.8 Å². The molecular weight excluding hydrogens is 316 g/mol. The summed E-state index contributed by atoms with van der Waals surface area (Å²) in [5.74, 6) is 1.41. The normalized spacial score (nSPS) is 18.0. The van der Waals surface area contributed by atoms with E-state index in [4.69, 9.17) is 9.47 Å². The van der Waals surface area contributed by atoms with E-state index in [1.165, 1.54) is 0 Å². The lowest BCUT2D eigenvalue weighted by Crippen LogP contribution is -2.44. The molecule has 0 radical (unpaired) electrons. The maximum atomic E-state index is 12.8. The molecule has 25 heavy (non-hydrogen) atoms. The molecule has 0 spiro atoms. The molecule has 130 valence electrons. The van der Waals surface area contributed by atoms with Crippen molar-refractivity contribution in [1.82, 2.24) is 10.3 Å². The fraction of sp³-hybridized carbons (Fsp3) is 0.400. The van der Waals surface area contributed by atoms with Crippen molar-refractivity contribution in [2.24, 2.45) is 0 Å². The third-order valence-electron chi connectivity index (χ3n) is 5.03. The topological polar surface area (TPSA) is 60.5 Å². The summed E-state index contributed by atoms with van der Waals surface area (Å²) >= 11 is 0. The van der Waals surface area contributed by atoms with Gasteiger partial charge in [0.05, 0.1) is 5.54 Å². The fourth-order valence-corrected chi connectivity index (χ4v) is 3.76. The van der Waals surface area contributed by atoms with Gasteiger partial charge in [0.25, 0.3) is 5.91 Å². The van der Waals surface area contributed by atoms with E-state index in [1.807, 2.05) is 37.3 Å². The first kappa shape index (κ1) is 15.9. The van der Waals surface area contributed by atoms with Gasteiger partial charge >= 0.3 is 0 Å². The summed E-state index contributed by atoms with van der Waals surface area (Å²) in [5.41, 5.74) is 2.02. The van der Waals surface area contributed by atoms with Crippen molar-refractivity contribution in [3.05, 3.63) is 53.3 Å². The Morgan fingerprint density at radius 3 is 2.60 bits per heavy atom. The summed E-state index contributed by atoms with van der Waals surface area (Å²) in [6.07, 6.45) is 4.03. The van der Waals surface area contributed by atoms with Crippen molar-refractivity contribution in [2.45, 2.75) is 38.1 Å². The molecule has 1 saturated carbocycles. The van der Waals surface area contributed by atoms with Gasteiger partial charge in [-0.25, -0.2) is 4.98 Å². The molecular formula is C20H22N2O3. The van der Waals surface area contributed by atoms with Crippen LogP contribution in [0.1, 0.15) is 47.4 Å². The Morgan fingerprint density at radius 1 is 1.08 bits per heavy atom. The first-order chi connectivity index (χ1) is 12.2. The summed E-state index contributed by atoms with van der Waals surface area (Å²) in [6, 6.07) is 11.5. The number of aromatic nitrogens is 1. The first-order valence-corrected chi connectivity index (χ1v) is 8.83. The van der Waals surface area contributed by atoms with Crippen molar-refractivity contribution in [3.63, 3.8) is 0 Å². The molecule has 1 aliphatic carbocycles. The van der Waals surface area contributed by atoms with Crippen LogP contribution in [0.5, 0.6) is 11.5 Å². The van der Waals surface area contributed by atoms with Crippen LogP contribution in [0, 0.1) is 6.92 Å². The predicted octanol–water partition coefficient (Wildman–Crippen LogP) is 3.36. The molecule has 1 fully saturated rings. The number of amides is 1. The minimum atomic E-state index is -0.363. The minimum Gasteiger partial charge on any atom is -0.486 e. The van der Waals surface area contributed by atoms with Crippen molar-refractivity contribution >= 4 is 5.91 Å². The summed E-state index contributed by atoms with van der Waals surface area (Å²) in [7, 11) is 0. The fourth-order valence-electron chi connectivity index (χ4n) is 3.76. The summed E-state index contributed by atoms with van der Waals surface area (Å²) in [5, 5.41) is 3.26. The van der Waals surface area contributed by atoms with Gasteiger partial charge in [-0.2, -0.15) is 0 Å². The molecule has 4 rings (SSSR count). The highest BCUT2D eigenvalue weighted by atomic mass is 16.6. The molecule has 0 atom stereocenters. The third kappa shape index (κ3) is 3.06. The van der Waals surface area contributed by atoms with Gasteiger partial charge in [0.1, 0.15) is 18.9 Å². The zero-order valence-corrected chi connectivity index (χ0v) is 14.4. The maximum Gasteiger partial charge on any atom is 0.270 e. The number of hydrogen-bond acceptors (Lipinski definition) is 4. The third-order valence-corrected chi connectivity index (χ3v) is 5.03. The van der Waals surface area contributed by atoms with Gasteiger partial charge in [-0.05, 0) is 49.6 Å². The molecule has 1 aromatic carbocycles. The first-order valence-electron chi connectivity index (χ1n) is 8.83. The zero-order valence-electron chi connectivity index (χ0n) is 14.4. The van der Waals surface area contributed by atoms with Crippen LogP contribution in [-0.2, 0) is 5.54 Å². The number of pyridine rings is 1. The second-order valence-electron chi connectivity index (χ2n) is 6.77. The number of benzene rings is 1. The summed E-state index contributed by atoms with van der Waals surface area (Å²) < 4.78 is 11.3. The van der Waals surface area contributed by atoms with E-state index in [9.17, 15) is 4.79 Å². The van der Waals surface area contributed by atoms with Gasteiger partial charge in [-0.15, -0.1) is 0 Å². The second kappa shape index (κ2) is 6.39. The Hall–Kier alpha value is -2.56. The van der Waals surface area contributed by atoms with E-state index in [2.05, 4.69) is 10.3 Å². The van der Waals surface area contributed by atoms with Crippen LogP contribution in [-0.4, -0.2) is 24.1 Å². The Balaban J connectivity index is 1.65. The number of nitrogens with one attached hydrogen (secondary N) is 1. The number of nitrogens with zero attached hydrogens (tertiary/aromatic N) is 1. The highest BCUT2D eigenvalue weighted by Crippen LogP contribution is 2.42. The smallest absolute Gasteiger partial charge is 0.270 e. The lowest BCUT2D eigenvalue weighted by Gasteiger charge is -2.32. The van der Waals surface area contributed by atoms with Crippen molar-refractivity contribution < 1.29 is 14.3 Å². The van der Waals surface area contributed by atoms with E-state index < -0.39 is 0 Å². The van der Waals surface area contributed by atoms with Gasteiger partial charge in [-0.3, -0.25) is 4.79 Å². The molecule has 5 nitrogen and oxygen atoms in total. The van der Waals surface area contributed by atoms with Crippen LogP contribution >= 0.6 is 0 Å². The Bertz CT molecular complexity index is 797. The quantitative estimate of drug-likeness (QED) is 0.932. The lowest BCUT2D eigenvalue weighted by atomic mass is 9.87. The molecule has 2 heterocycles. The van der Waals surface area contributed by atoms with Crippen molar-refractivity contribution in [3.8, 4) is 11.5 Å². The Kier molecular flexibility index (Phi) is 4.07. The number of fused-ring (bicyclic) bond motifs is 1. The van der Waals surface area contributed by atoms with Crippen LogP contribution in [0.15, 0.2) is 36.4 Å². The molecule has 5 heteroatoms. The van der Waals surface area contributed by atoms with Gasteiger partial charge in [0.2, 0.25) is 0 Å². The molecule has 1 amide bonds. The molecule has 0 unspecified atom stereocenters. The Labute approximate surface area is 147 Å². The van der Waals surface area contributed by atoms with Crippen LogP contribution in [0.3, 0.4) is 0 Å². The highest BCUT2D eigenvalue weighted by Gasteiger charge is 2.38. The molecule has 0 saturated heterocycles. The average molecular weight is 338 g/mol. The Morgan fingerprint density at radius 2 is 1.84 bits per heavy atom. The number of carbonyl (C=O) groups excluding carboxylic acids is 1. The number of hydrogen-bond donors (Lipinski definition) is 1. The number of rotatable bonds is 3. The molecule has 1 N–H and O–H groups in total. The number of ether oxygens (including phenoxy) is 2. The van der Waals surface area contributed by atoms with Gasteiger partial charge in [0, 0.05) is 5.69 Å². The average Bonchev–Trinajstić information content (AvgIpc) is 3.11. The van der Waals surface area contributed by atoms with E-state index in [1.54, 1.807) is 6.07 Å². The molecule has 1 aromatic heterocycles. The monoisotopic (exact) mass is 338 g/mol. The SMILES string of the molecule is Cc1cccc(C(=O)NC2(c3ccc4c(c3)OCCO4)CCCC2)n1. The van der Waals surface area contributed by atoms with Crippen LogP contribution in [0.2, 0.25) is 0 Å². The van der Waals surface area contributed by atoms with Gasteiger partial charge < -0.3 is 14.8 Å². The van der Waals surface area contributed by atoms with E-state index in [0.29, 0.717) is 18.9 Å². The maximum absolute atomic E-state index is 12.8. The number of aryl methyl sites for hydroxylation is 1. The summed E-state index contributed by atoms with van der Waals surface area (Å²) in [4.78, 5) is 17.1. The lowest BCUT2D eigenvalue weighted by molar-refractivity contribution is 0.0892. The van der Waals surface area contributed by atoms with Gasteiger partial charge in [0.15, 0.2) is 11.5 Å². The van der Waals surface area contributed by atoms with Gasteiger partial charge in [-0.1, -0.05) is 25.0 Å². The molecule has 1 aliphatic heterocycles. The summed E-state index contributed by atoms with van der Waals surface area (Å²) in [6.45, 7) is 3.03. The van der Waals surface area contributed by atoms with E-state index >= 15 is 0 Å². The molecule has 0 bridgehead atoms. The highest BCUT2D eigenvalue weighted by molar-refractivity contribution is 5.93. The van der Waals surface area contributed by atoms with E-state index in [-0.39, 0.29) is 11.4 Å². The zero-order chi connectivity index (χ0) is 17.3. The second-order valence-corrected chi connectivity index (χ2v) is 6.77. The minimum absolute atomic E-state index is 0.125. The van der Waals surface area contributed by atoms with Crippen molar-refractivity contribution in [2.75, 3.05) is 13.2 Å². The molecule has 2 aromatic rings. The molecule has 2 aliphatic rings. The number of carbonyl (C=O) groups is 1. The van der Waals surface area contributed by atoms with Crippen LogP contribution in [0.25, 0.3) is 0 Å². The van der Waals surface area contributed by atoms with E-state index in [0.717, 1.165) is 48.4 Å². The van der Waals surface area contributed by atoms with Crippen LogP contribution in [0.4, 0.5) is 0 Å². The standard InChI is InChI=1S/C20H22N2O3/c1-14-5-4-6-16(21-14)19(23)22-20(9-2-3-10-20)15-7-8-17-18(13-15)25-12-11-24-17/h4-8,13H,2-3,9-12H2,1H3,(H,22,23). The largest absolute Gasteiger partial charge is 0.486 e. The predicted molar refractivity (Wildman–Crippen MR) is 94.0 cm³/mol. The van der Waals surface area contributed by atoms with Crippen molar-refractivity contribution in [1.29, 1.82) is 0 Å².